The van der Waals surface area contributed by atoms with Gasteiger partial charge in [0, 0.05) is 34.2 Å². The molecule has 9 heteroatoms. The summed E-state index contributed by atoms with van der Waals surface area (Å²) < 4.78 is 0. The van der Waals surface area contributed by atoms with Crippen LogP contribution in [0.4, 0.5) is 0 Å². The Morgan fingerprint density at radius 3 is 1.37 bits per heavy atom. The summed E-state index contributed by atoms with van der Waals surface area (Å²) in [6.45, 7) is 4.82. The van der Waals surface area contributed by atoms with Crippen LogP contribution in [0.5, 0.6) is 0 Å². The van der Waals surface area contributed by atoms with Gasteiger partial charge in [-0.25, -0.2) is 14.4 Å². The summed E-state index contributed by atoms with van der Waals surface area (Å²) in [7, 11) is 0. The summed E-state index contributed by atoms with van der Waals surface area (Å²) in [5.74, 6) is -4.03. The molecular formula is C21H32O9. The average Bonchev–Trinajstić information content (AvgIpc) is 2.66. The Balaban J connectivity index is 7.89. The van der Waals surface area contributed by atoms with Crippen molar-refractivity contribution in [2.45, 2.75) is 41.0 Å². The number of rotatable bonds is 12. The van der Waals surface area contributed by atoms with Gasteiger partial charge in [0.2, 0.25) is 0 Å². The molecule has 0 heterocycles. The van der Waals surface area contributed by atoms with Crippen LogP contribution in [0.3, 0.4) is 0 Å². The lowest BCUT2D eigenvalue weighted by Crippen LogP contribution is -2.56. The second kappa shape index (κ2) is 10.5. The van der Waals surface area contributed by atoms with Gasteiger partial charge in [0.15, 0.2) is 0 Å². The summed E-state index contributed by atoms with van der Waals surface area (Å²) in [6.07, 6.45) is 3.38. The van der Waals surface area contributed by atoms with Crippen LogP contribution in [0.2, 0.25) is 0 Å². The Hall–Kier alpha value is -2.49. The number of carboxylic acids is 3. The number of aliphatic hydroxyl groups excluding tert-OH is 3. The van der Waals surface area contributed by atoms with Gasteiger partial charge < -0.3 is 30.6 Å². The highest BCUT2D eigenvalue weighted by atomic mass is 16.4. The van der Waals surface area contributed by atoms with Crippen molar-refractivity contribution in [3.63, 3.8) is 0 Å². The molecule has 0 saturated carbocycles. The molecule has 0 aliphatic heterocycles. The second-order valence-electron chi connectivity index (χ2n) is 7.97. The van der Waals surface area contributed by atoms with Crippen molar-refractivity contribution >= 4 is 17.9 Å². The van der Waals surface area contributed by atoms with Gasteiger partial charge in [-0.15, -0.1) is 0 Å². The molecule has 0 fully saturated rings. The summed E-state index contributed by atoms with van der Waals surface area (Å²) in [4.78, 5) is 34.9. The predicted octanol–water partition coefficient (Wildman–Crippen LogP) is 1.45. The maximum atomic E-state index is 11.8. The van der Waals surface area contributed by atoms with E-state index in [0.717, 1.165) is 18.2 Å². The molecule has 0 aromatic heterocycles. The van der Waals surface area contributed by atoms with Gasteiger partial charge in [0.25, 0.3) is 0 Å². The SMILES string of the molecule is CCC(=CC(C=C(C)C(=O)O)(C=C(C)C(=O)O)C(CO)(CO)C(C)(C)CO)C(=O)O. The van der Waals surface area contributed by atoms with E-state index in [1.165, 1.54) is 27.7 Å². The summed E-state index contributed by atoms with van der Waals surface area (Å²) in [5, 5.41) is 59.3. The van der Waals surface area contributed by atoms with Crippen molar-refractivity contribution < 1.29 is 45.0 Å². The molecule has 0 unspecified atom stereocenters. The molecule has 0 aliphatic carbocycles. The summed E-state index contributed by atoms with van der Waals surface area (Å²) in [5.41, 5.74) is -5.65. The van der Waals surface area contributed by atoms with Gasteiger partial charge in [0.1, 0.15) is 0 Å². The zero-order chi connectivity index (χ0) is 23.9. The summed E-state index contributed by atoms with van der Waals surface area (Å²) in [6, 6.07) is 0. The topological polar surface area (TPSA) is 173 Å². The van der Waals surface area contributed by atoms with E-state index in [1.54, 1.807) is 6.92 Å². The quantitative estimate of drug-likeness (QED) is 0.251. The number of carbonyl (C=O) groups is 3. The van der Waals surface area contributed by atoms with Gasteiger partial charge in [-0.05, 0) is 25.7 Å². The highest BCUT2D eigenvalue weighted by Gasteiger charge is 2.56. The number of hydrogen-bond acceptors (Lipinski definition) is 6. The van der Waals surface area contributed by atoms with Crippen LogP contribution in [0.15, 0.2) is 34.9 Å². The first-order valence-electron chi connectivity index (χ1n) is 9.34. The first-order valence-corrected chi connectivity index (χ1v) is 9.34. The molecular weight excluding hydrogens is 396 g/mol. The average molecular weight is 428 g/mol. The minimum atomic E-state index is -1.88. The molecule has 170 valence electrons. The molecule has 0 saturated heterocycles. The van der Waals surface area contributed by atoms with Crippen LogP contribution in [-0.4, -0.2) is 68.4 Å². The molecule has 0 aromatic carbocycles. The third-order valence-corrected chi connectivity index (χ3v) is 5.71. The third kappa shape index (κ3) is 5.35. The molecule has 0 aromatic rings. The zero-order valence-electron chi connectivity index (χ0n) is 18.0. The van der Waals surface area contributed by atoms with Crippen molar-refractivity contribution in [1.82, 2.24) is 0 Å². The molecule has 0 rings (SSSR count). The van der Waals surface area contributed by atoms with E-state index >= 15 is 0 Å². The highest BCUT2D eigenvalue weighted by Crippen LogP contribution is 2.55. The number of carboxylic acid groups (broad SMARTS) is 3. The first kappa shape index (κ1) is 27.5. The monoisotopic (exact) mass is 428 g/mol. The van der Waals surface area contributed by atoms with Gasteiger partial charge in [-0.3, -0.25) is 0 Å². The van der Waals surface area contributed by atoms with E-state index in [-0.39, 0.29) is 23.1 Å². The van der Waals surface area contributed by atoms with E-state index in [2.05, 4.69) is 0 Å². The Kier molecular flexibility index (Phi) is 9.64. The maximum absolute atomic E-state index is 11.8. The Labute approximate surface area is 175 Å². The first-order chi connectivity index (χ1) is 13.7. The highest BCUT2D eigenvalue weighted by molar-refractivity contribution is 5.89. The number of aliphatic carboxylic acids is 3. The molecule has 0 spiro atoms. The van der Waals surface area contributed by atoms with Crippen molar-refractivity contribution in [3.05, 3.63) is 34.9 Å². The molecule has 0 aliphatic rings. The predicted molar refractivity (Wildman–Crippen MR) is 109 cm³/mol. The molecule has 30 heavy (non-hydrogen) atoms. The second-order valence-corrected chi connectivity index (χ2v) is 7.97. The normalized spacial score (nSPS) is 16.2. The van der Waals surface area contributed by atoms with Gasteiger partial charge >= 0.3 is 17.9 Å². The third-order valence-electron chi connectivity index (χ3n) is 5.71. The molecule has 0 radical (unpaired) electrons. The summed E-state index contributed by atoms with van der Waals surface area (Å²) >= 11 is 0. The minimum Gasteiger partial charge on any atom is -0.478 e. The van der Waals surface area contributed by atoms with Crippen LogP contribution >= 0.6 is 0 Å². The van der Waals surface area contributed by atoms with Crippen molar-refractivity contribution in [2.24, 2.45) is 16.2 Å². The smallest absolute Gasteiger partial charge is 0.331 e. The van der Waals surface area contributed by atoms with Crippen LogP contribution in [-0.2, 0) is 14.4 Å². The largest absolute Gasteiger partial charge is 0.478 e. The van der Waals surface area contributed by atoms with E-state index in [4.69, 9.17) is 0 Å². The van der Waals surface area contributed by atoms with Crippen molar-refractivity contribution in [3.8, 4) is 0 Å². The Morgan fingerprint density at radius 2 is 1.13 bits per heavy atom. The van der Waals surface area contributed by atoms with Crippen LogP contribution < -0.4 is 0 Å². The van der Waals surface area contributed by atoms with E-state index < -0.39 is 54.0 Å². The standard InChI is InChI=1S/C21H32O9/c1-6-15(18(29)30)9-20(7-13(2)16(25)26,8-14(3)17(27)28)21(11-23,12-24)19(4,5)10-22/h7-9,22-24H,6,10-12H2,1-5H3,(H,25,26)(H,27,28)(H,29,30). The Bertz CT molecular complexity index is 722. The molecule has 9 nitrogen and oxygen atoms in total. The minimum absolute atomic E-state index is 0.00346. The number of allylic oxidation sites excluding steroid dienone is 3. The molecule has 6 N–H and O–H groups in total. The lowest BCUT2D eigenvalue weighted by molar-refractivity contribution is -0.133. The number of aliphatic hydroxyl groups is 3. The van der Waals surface area contributed by atoms with Gasteiger partial charge in [-0.2, -0.15) is 0 Å². The van der Waals surface area contributed by atoms with Crippen LogP contribution in [0.1, 0.15) is 41.0 Å². The van der Waals surface area contributed by atoms with E-state index in [1.807, 2.05) is 0 Å². The molecule has 0 amide bonds. The fraction of sp³-hybridized carbons (Fsp3) is 0.571. The molecule has 0 bridgehead atoms. The van der Waals surface area contributed by atoms with Crippen LogP contribution in [0, 0.1) is 16.2 Å². The maximum Gasteiger partial charge on any atom is 0.331 e. The van der Waals surface area contributed by atoms with Gasteiger partial charge in [-0.1, -0.05) is 39.0 Å². The lowest BCUT2D eigenvalue weighted by Gasteiger charge is -2.53. The van der Waals surface area contributed by atoms with Crippen molar-refractivity contribution in [2.75, 3.05) is 19.8 Å². The van der Waals surface area contributed by atoms with E-state index in [0.29, 0.717) is 0 Å². The van der Waals surface area contributed by atoms with Crippen LogP contribution in [0.25, 0.3) is 0 Å². The Morgan fingerprint density at radius 1 is 0.733 bits per heavy atom. The lowest BCUT2D eigenvalue weighted by atomic mass is 9.51. The fourth-order valence-corrected chi connectivity index (χ4v) is 3.47. The van der Waals surface area contributed by atoms with E-state index in [9.17, 15) is 45.0 Å². The van der Waals surface area contributed by atoms with Crippen molar-refractivity contribution in [1.29, 1.82) is 0 Å². The zero-order valence-corrected chi connectivity index (χ0v) is 18.0. The molecule has 0 atom stereocenters. The fourth-order valence-electron chi connectivity index (χ4n) is 3.47. The number of hydrogen-bond donors (Lipinski definition) is 6. The van der Waals surface area contributed by atoms with Gasteiger partial charge in [0.05, 0.1) is 13.2 Å².